The molecule has 0 heterocycles. The van der Waals surface area contributed by atoms with Crippen molar-refractivity contribution in [2.75, 3.05) is 10.5 Å². The maximum atomic E-state index is 12.3. The number of halogens is 1. The van der Waals surface area contributed by atoms with Gasteiger partial charge in [0.2, 0.25) is 0 Å². The molecule has 19 heavy (non-hydrogen) atoms. The summed E-state index contributed by atoms with van der Waals surface area (Å²) in [4.78, 5) is 0.182. The van der Waals surface area contributed by atoms with E-state index in [9.17, 15) is 8.42 Å². The van der Waals surface area contributed by atoms with Crippen molar-refractivity contribution < 1.29 is 8.42 Å². The molecule has 0 spiro atoms. The molecule has 0 bridgehead atoms. The fourth-order valence-corrected chi connectivity index (χ4v) is 3.26. The molecule has 6 heteroatoms. The Hall–Kier alpha value is -1.72. The van der Waals surface area contributed by atoms with Gasteiger partial charge in [-0.1, -0.05) is 23.7 Å². The van der Waals surface area contributed by atoms with Gasteiger partial charge in [-0.05, 0) is 42.8 Å². The number of hydrogen-bond donors (Lipinski definition) is 2. The molecule has 2 aromatic rings. The van der Waals surface area contributed by atoms with Crippen molar-refractivity contribution in [1.82, 2.24) is 0 Å². The molecule has 0 aliphatic heterocycles. The lowest BCUT2D eigenvalue weighted by Crippen LogP contribution is -2.14. The van der Waals surface area contributed by atoms with Gasteiger partial charge in [-0.25, -0.2) is 8.42 Å². The number of hydrogen-bond acceptors (Lipinski definition) is 3. The van der Waals surface area contributed by atoms with Crippen LogP contribution in [0.2, 0.25) is 5.02 Å². The van der Waals surface area contributed by atoms with E-state index in [1.807, 2.05) is 0 Å². The Morgan fingerprint density at radius 2 is 1.84 bits per heavy atom. The van der Waals surface area contributed by atoms with Gasteiger partial charge in [-0.3, -0.25) is 4.72 Å². The van der Waals surface area contributed by atoms with Crippen molar-refractivity contribution in [3.63, 3.8) is 0 Å². The van der Waals surface area contributed by atoms with Crippen LogP contribution in [0.25, 0.3) is 0 Å². The van der Waals surface area contributed by atoms with E-state index < -0.39 is 10.0 Å². The van der Waals surface area contributed by atoms with E-state index in [1.54, 1.807) is 43.3 Å². The summed E-state index contributed by atoms with van der Waals surface area (Å²) in [6.45, 7) is 1.69. The summed E-state index contributed by atoms with van der Waals surface area (Å²) in [5.74, 6) is 0. The standard InChI is InChI=1S/C13H13ClN2O2S/c1-9-8-10(15)6-7-13(9)19(17,18)16-12-5-3-2-4-11(12)14/h2-8,16H,15H2,1H3. The van der Waals surface area contributed by atoms with Crippen LogP contribution in [0.3, 0.4) is 0 Å². The molecule has 2 rings (SSSR count). The smallest absolute Gasteiger partial charge is 0.262 e. The normalized spacial score (nSPS) is 11.3. The number of anilines is 2. The van der Waals surface area contributed by atoms with E-state index in [4.69, 9.17) is 17.3 Å². The summed E-state index contributed by atoms with van der Waals surface area (Å²) >= 11 is 5.94. The Kier molecular flexibility index (Phi) is 3.68. The quantitative estimate of drug-likeness (QED) is 0.855. The highest BCUT2D eigenvalue weighted by atomic mass is 35.5. The SMILES string of the molecule is Cc1cc(N)ccc1S(=O)(=O)Nc1ccccc1Cl. The maximum Gasteiger partial charge on any atom is 0.262 e. The van der Waals surface area contributed by atoms with Crippen molar-refractivity contribution in [2.24, 2.45) is 0 Å². The van der Waals surface area contributed by atoms with Gasteiger partial charge in [0.25, 0.3) is 10.0 Å². The van der Waals surface area contributed by atoms with E-state index in [0.717, 1.165) is 0 Å². The van der Waals surface area contributed by atoms with E-state index in [-0.39, 0.29) is 4.90 Å². The fraction of sp³-hybridized carbons (Fsp3) is 0.0769. The Labute approximate surface area is 117 Å². The van der Waals surface area contributed by atoms with Crippen LogP contribution in [0.5, 0.6) is 0 Å². The molecule has 0 saturated heterocycles. The molecule has 0 unspecified atom stereocenters. The molecule has 0 fully saturated rings. The molecule has 0 atom stereocenters. The van der Waals surface area contributed by atoms with Crippen molar-refractivity contribution >= 4 is 33.0 Å². The second-order valence-electron chi connectivity index (χ2n) is 4.11. The molecule has 0 amide bonds. The van der Waals surface area contributed by atoms with Crippen molar-refractivity contribution in [2.45, 2.75) is 11.8 Å². The molecule has 0 aliphatic carbocycles. The summed E-state index contributed by atoms with van der Waals surface area (Å²) < 4.78 is 27.0. The highest BCUT2D eigenvalue weighted by Gasteiger charge is 2.17. The summed E-state index contributed by atoms with van der Waals surface area (Å²) in [6.07, 6.45) is 0. The number of aryl methyl sites for hydroxylation is 1. The van der Waals surface area contributed by atoms with E-state index in [0.29, 0.717) is 22.0 Å². The van der Waals surface area contributed by atoms with E-state index >= 15 is 0 Å². The van der Waals surface area contributed by atoms with Crippen molar-refractivity contribution in [1.29, 1.82) is 0 Å². The first-order valence-corrected chi connectivity index (χ1v) is 7.40. The predicted octanol–water partition coefficient (Wildman–Crippen LogP) is 3.03. The molecule has 100 valence electrons. The van der Waals surface area contributed by atoms with Crippen LogP contribution < -0.4 is 10.5 Å². The third kappa shape index (κ3) is 3.00. The van der Waals surface area contributed by atoms with Crippen LogP contribution in [0.15, 0.2) is 47.4 Å². The molecule has 2 aromatic carbocycles. The topological polar surface area (TPSA) is 72.2 Å². The minimum atomic E-state index is -3.67. The Balaban J connectivity index is 2.41. The van der Waals surface area contributed by atoms with Crippen LogP contribution in [-0.4, -0.2) is 8.42 Å². The van der Waals surface area contributed by atoms with Crippen LogP contribution in [0.1, 0.15) is 5.56 Å². The summed E-state index contributed by atoms with van der Waals surface area (Å²) in [5, 5.41) is 0.346. The second kappa shape index (κ2) is 5.11. The average Bonchev–Trinajstić information content (AvgIpc) is 2.31. The number of nitrogens with one attached hydrogen (secondary N) is 1. The van der Waals surface area contributed by atoms with Crippen LogP contribution >= 0.6 is 11.6 Å². The first-order chi connectivity index (χ1) is 8.90. The largest absolute Gasteiger partial charge is 0.399 e. The van der Waals surface area contributed by atoms with Gasteiger partial charge in [0, 0.05) is 5.69 Å². The lowest BCUT2D eigenvalue weighted by molar-refractivity contribution is 0.600. The van der Waals surface area contributed by atoms with Crippen molar-refractivity contribution in [3.8, 4) is 0 Å². The highest BCUT2D eigenvalue weighted by molar-refractivity contribution is 7.92. The first-order valence-electron chi connectivity index (χ1n) is 5.53. The number of rotatable bonds is 3. The minimum Gasteiger partial charge on any atom is -0.399 e. The van der Waals surface area contributed by atoms with E-state index in [1.165, 1.54) is 6.07 Å². The average molecular weight is 297 g/mol. The zero-order valence-corrected chi connectivity index (χ0v) is 11.8. The monoisotopic (exact) mass is 296 g/mol. The van der Waals surface area contributed by atoms with Gasteiger partial charge in [0.05, 0.1) is 15.6 Å². The van der Waals surface area contributed by atoms with Crippen LogP contribution in [-0.2, 0) is 10.0 Å². The summed E-state index contributed by atoms with van der Waals surface area (Å²) in [5.41, 5.74) is 7.06. The first kappa shape index (κ1) is 13.7. The molecular formula is C13H13ClN2O2S. The van der Waals surface area contributed by atoms with E-state index in [2.05, 4.69) is 4.72 Å². The van der Waals surface area contributed by atoms with Gasteiger partial charge in [0.1, 0.15) is 0 Å². The molecule has 4 nitrogen and oxygen atoms in total. The lowest BCUT2D eigenvalue weighted by atomic mass is 10.2. The third-order valence-corrected chi connectivity index (χ3v) is 4.46. The van der Waals surface area contributed by atoms with Crippen LogP contribution in [0.4, 0.5) is 11.4 Å². The highest BCUT2D eigenvalue weighted by Crippen LogP contribution is 2.25. The number of nitrogen functional groups attached to an aromatic ring is 1. The molecular weight excluding hydrogens is 284 g/mol. The molecule has 0 aromatic heterocycles. The second-order valence-corrected chi connectivity index (χ2v) is 6.17. The zero-order valence-electron chi connectivity index (χ0n) is 10.2. The van der Waals surface area contributed by atoms with Gasteiger partial charge >= 0.3 is 0 Å². The summed E-state index contributed by atoms with van der Waals surface area (Å²) in [6, 6.07) is 11.3. The van der Waals surface area contributed by atoms with Gasteiger partial charge < -0.3 is 5.73 Å². The molecule has 3 N–H and O–H groups in total. The number of benzene rings is 2. The van der Waals surface area contributed by atoms with Gasteiger partial charge in [-0.2, -0.15) is 0 Å². The molecule has 0 aliphatic rings. The zero-order chi connectivity index (χ0) is 14.0. The molecule has 0 radical (unpaired) electrons. The lowest BCUT2D eigenvalue weighted by Gasteiger charge is -2.11. The maximum absolute atomic E-state index is 12.3. The Morgan fingerprint density at radius 3 is 2.47 bits per heavy atom. The minimum absolute atomic E-state index is 0.182. The predicted molar refractivity (Wildman–Crippen MR) is 77.9 cm³/mol. The Morgan fingerprint density at radius 1 is 1.16 bits per heavy atom. The number of nitrogens with two attached hydrogens (primary N) is 1. The Bertz CT molecular complexity index is 714. The van der Waals surface area contributed by atoms with Gasteiger partial charge in [0.15, 0.2) is 0 Å². The number of para-hydroxylation sites is 1. The number of sulfonamides is 1. The fourth-order valence-electron chi connectivity index (χ4n) is 1.72. The summed E-state index contributed by atoms with van der Waals surface area (Å²) in [7, 11) is -3.67. The molecule has 0 saturated carbocycles. The van der Waals surface area contributed by atoms with Gasteiger partial charge in [-0.15, -0.1) is 0 Å². The third-order valence-electron chi connectivity index (χ3n) is 2.61. The van der Waals surface area contributed by atoms with Crippen molar-refractivity contribution in [3.05, 3.63) is 53.1 Å². The van der Waals surface area contributed by atoms with Crippen LogP contribution in [0, 0.1) is 6.92 Å².